The minimum atomic E-state index is -4.53. The van der Waals surface area contributed by atoms with Crippen LogP contribution in [0.4, 0.5) is 13.2 Å². The van der Waals surface area contributed by atoms with E-state index in [1.54, 1.807) is 40.9 Å². The van der Waals surface area contributed by atoms with Gasteiger partial charge < -0.3 is 9.64 Å². The van der Waals surface area contributed by atoms with Gasteiger partial charge in [-0.15, -0.1) is 0 Å². The van der Waals surface area contributed by atoms with Gasteiger partial charge in [0.2, 0.25) is 0 Å². The second kappa shape index (κ2) is 7.44. The molecule has 7 nitrogen and oxygen atoms in total. The van der Waals surface area contributed by atoms with Crippen molar-refractivity contribution in [1.29, 1.82) is 0 Å². The van der Waals surface area contributed by atoms with Crippen molar-refractivity contribution in [2.45, 2.75) is 25.6 Å². The van der Waals surface area contributed by atoms with Crippen molar-refractivity contribution < 1.29 is 22.7 Å². The summed E-state index contributed by atoms with van der Waals surface area (Å²) in [4.78, 5) is 14.8. The van der Waals surface area contributed by atoms with E-state index >= 15 is 0 Å². The number of aryl methyl sites for hydroxylation is 2. The van der Waals surface area contributed by atoms with Crippen molar-refractivity contribution >= 4 is 5.91 Å². The molecule has 10 heteroatoms. The van der Waals surface area contributed by atoms with E-state index in [4.69, 9.17) is 4.74 Å². The molecule has 164 valence electrons. The van der Waals surface area contributed by atoms with Crippen LogP contribution in [-0.2, 0) is 26.7 Å². The molecule has 1 amide bonds. The number of hydrogen-bond acceptors (Lipinski definition) is 4. The number of aromatic nitrogens is 4. The molecule has 0 radical (unpaired) electrons. The molecule has 0 unspecified atom stereocenters. The van der Waals surface area contributed by atoms with Crippen molar-refractivity contribution in [3.63, 3.8) is 0 Å². The van der Waals surface area contributed by atoms with E-state index in [0.29, 0.717) is 41.4 Å². The number of fused-ring (bicyclic) bond motifs is 1. The third kappa shape index (κ3) is 3.55. The van der Waals surface area contributed by atoms with Gasteiger partial charge in [-0.05, 0) is 37.6 Å². The number of nitrogens with zero attached hydrogens (tertiary/aromatic N) is 5. The maximum absolute atomic E-state index is 13.1. The van der Waals surface area contributed by atoms with E-state index in [0.717, 1.165) is 11.6 Å². The van der Waals surface area contributed by atoms with E-state index in [1.165, 1.54) is 18.8 Å². The Morgan fingerprint density at radius 2 is 1.90 bits per heavy atom. The van der Waals surface area contributed by atoms with Gasteiger partial charge in [-0.1, -0.05) is 6.07 Å². The number of methoxy groups -OCH3 is 1. The van der Waals surface area contributed by atoms with Crippen LogP contribution in [0.5, 0.6) is 5.75 Å². The highest BCUT2D eigenvalue weighted by Crippen LogP contribution is 2.38. The molecule has 0 N–H and O–H groups in total. The summed E-state index contributed by atoms with van der Waals surface area (Å²) >= 11 is 0. The van der Waals surface area contributed by atoms with E-state index < -0.39 is 11.9 Å². The smallest absolute Gasteiger partial charge is 0.435 e. The van der Waals surface area contributed by atoms with Gasteiger partial charge in [0.05, 0.1) is 30.2 Å². The van der Waals surface area contributed by atoms with Gasteiger partial charge in [0, 0.05) is 31.8 Å². The van der Waals surface area contributed by atoms with Gasteiger partial charge in [0.25, 0.3) is 5.91 Å². The molecule has 0 spiro atoms. The second-order valence-corrected chi connectivity index (χ2v) is 7.53. The number of ether oxygens (including phenoxy) is 1. The molecule has 0 bridgehead atoms. The third-order valence-electron chi connectivity index (χ3n) is 5.63. The number of hydrogen-bond donors (Lipinski definition) is 0. The zero-order valence-corrected chi connectivity index (χ0v) is 17.6. The topological polar surface area (TPSA) is 65.2 Å². The molecular weight excluding hydrogens is 411 g/mol. The highest BCUT2D eigenvalue weighted by atomic mass is 19.4. The Bertz CT molecular complexity index is 1150. The lowest BCUT2D eigenvalue weighted by atomic mass is 9.96. The lowest BCUT2D eigenvalue weighted by Gasteiger charge is -2.33. The SMILES string of the molecule is COc1cccc(C(=O)N2CCc3c(nn(C)c3-c3cc(C(F)(F)F)nn3C)[C@@H]2C)c1. The highest BCUT2D eigenvalue weighted by molar-refractivity contribution is 5.95. The minimum absolute atomic E-state index is 0.149. The summed E-state index contributed by atoms with van der Waals surface area (Å²) in [5.74, 6) is 0.442. The number of amides is 1. The second-order valence-electron chi connectivity index (χ2n) is 7.53. The van der Waals surface area contributed by atoms with Crippen LogP contribution in [0.15, 0.2) is 30.3 Å². The average molecular weight is 433 g/mol. The average Bonchev–Trinajstić information content (AvgIpc) is 3.27. The van der Waals surface area contributed by atoms with Crippen LogP contribution < -0.4 is 4.74 Å². The van der Waals surface area contributed by atoms with Gasteiger partial charge >= 0.3 is 6.18 Å². The maximum Gasteiger partial charge on any atom is 0.435 e. The monoisotopic (exact) mass is 433 g/mol. The Labute approximate surface area is 177 Å². The lowest BCUT2D eigenvalue weighted by molar-refractivity contribution is -0.141. The first-order valence-electron chi connectivity index (χ1n) is 9.74. The molecule has 1 atom stereocenters. The summed E-state index contributed by atoms with van der Waals surface area (Å²) in [7, 11) is 4.71. The van der Waals surface area contributed by atoms with Crippen LogP contribution in [0.1, 0.15) is 40.3 Å². The van der Waals surface area contributed by atoms with Crippen LogP contribution in [0.3, 0.4) is 0 Å². The molecule has 1 aromatic carbocycles. The predicted octanol–water partition coefficient (Wildman–Crippen LogP) is 3.61. The number of carbonyl (C=O) groups is 1. The van der Waals surface area contributed by atoms with Crippen molar-refractivity contribution in [2.24, 2.45) is 14.1 Å². The van der Waals surface area contributed by atoms with Crippen molar-refractivity contribution in [2.75, 3.05) is 13.7 Å². The van der Waals surface area contributed by atoms with E-state index in [1.807, 2.05) is 6.92 Å². The van der Waals surface area contributed by atoms with E-state index in [2.05, 4.69) is 10.2 Å². The molecular formula is C21H22F3N5O2. The normalized spacial score (nSPS) is 16.4. The zero-order chi connectivity index (χ0) is 22.5. The largest absolute Gasteiger partial charge is 0.497 e. The fourth-order valence-corrected chi connectivity index (χ4v) is 4.09. The van der Waals surface area contributed by atoms with Crippen LogP contribution in [0.2, 0.25) is 0 Å². The standard InChI is InChI=1S/C21H22F3N5O2/c1-12-18-15(8-9-29(12)20(30)13-6-5-7-14(10-13)31-4)19(28(3)26-18)16-11-17(21(22,23)24)25-27(16)2/h5-7,10-12H,8-9H2,1-4H3/t12-/m0/s1. The predicted molar refractivity (Wildman–Crippen MR) is 107 cm³/mol. The summed E-state index contributed by atoms with van der Waals surface area (Å²) in [6.07, 6.45) is -4.05. The third-order valence-corrected chi connectivity index (χ3v) is 5.63. The molecule has 1 aliphatic rings. The summed E-state index contributed by atoms with van der Waals surface area (Å²) < 4.78 is 47.4. The molecule has 1 aliphatic heterocycles. The molecule has 31 heavy (non-hydrogen) atoms. The quantitative estimate of drug-likeness (QED) is 0.633. The molecule has 3 aromatic rings. The molecule has 0 saturated carbocycles. The van der Waals surface area contributed by atoms with Gasteiger partial charge in [0.15, 0.2) is 5.69 Å². The van der Waals surface area contributed by atoms with Crippen LogP contribution in [-0.4, -0.2) is 44.0 Å². The number of carbonyl (C=O) groups excluding carboxylic acids is 1. The summed E-state index contributed by atoms with van der Waals surface area (Å²) in [6, 6.07) is 7.63. The Balaban J connectivity index is 1.70. The number of benzene rings is 1. The Kier molecular flexibility index (Phi) is 5.03. The zero-order valence-electron chi connectivity index (χ0n) is 17.6. The Morgan fingerprint density at radius 1 is 1.16 bits per heavy atom. The van der Waals surface area contributed by atoms with E-state index in [-0.39, 0.29) is 11.9 Å². The summed E-state index contributed by atoms with van der Waals surface area (Å²) in [6.45, 7) is 2.30. The molecule has 0 aliphatic carbocycles. The Morgan fingerprint density at radius 3 is 2.55 bits per heavy atom. The molecule has 0 fully saturated rings. The lowest BCUT2D eigenvalue weighted by Crippen LogP contribution is -2.38. The van der Waals surface area contributed by atoms with Crippen LogP contribution in [0.25, 0.3) is 11.4 Å². The van der Waals surface area contributed by atoms with Gasteiger partial charge in [0.1, 0.15) is 5.75 Å². The van der Waals surface area contributed by atoms with Crippen molar-refractivity contribution in [1.82, 2.24) is 24.5 Å². The number of halogens is 3. The molecule has 2 aromatic heterocycles. The van der Waals surface area contributed by atoms with Gasteiger partial charge in [-0.3, -0.25) is 14.2 Å². The van der Waals surface area contributed by atoms with Crippen LogP contribution >= 0.6 is 0 Å². The number of rotatable bonds is 3. The summed E-state index contributed by atoms with van der Waals surface area (Å²) in [5.41, 5.74) is 1.99. The Hall–Kier alpha value is -3.30. The first kappa shape index (κ1) is 21.0. The fraction of sp³-hybridized carbons (Fsp3) is 0.381. The number of alkyl halides is 3. The first-order valence-corrected chi connectivity index (χ1v) is 9.74. The van der Waals surface area contributed by atoms with Crippen molar-refractivity contribution in [3.05, 3.63) is 52.8 Å². The minimum Gasteiger partial charge on any atom is -0.497 e. The molecule has 0 saturated heterocycles. The highest BCUT2D eigenvalue weighted by Gasteiger charge is 2.37. The van der Waals surface area contributed by atoms with Crippen LogP contribution in [0, 0.1) is 0 Å². The van der Waals surface area contributed by atoms with Gasteiger partial charge in [-0.2, -0.15) is 23.4 Å². The van der Waals surface area contributed by atoms with Crippen molar-refractivity contribution in [3.8, 4) is 17.1 Å². The molecule has 3 heterocycles. The first-order chi connectivity index (χ1) is 14.6. The maximum atomic E-state index is 13.1. The summed E-state index contributed by atoms with van der Waals surface area (Å²) in [5, 5.41) is 8.18. The van der Waals surface area contributed by atoms with Gasteiger partial charge in [-0.25, -0.2) is 0 Å². The fourth-order valence-electron chi connectivity index (χ4n) is 4.09. The van der Waals surface area contributed by atoms with E-state index in [9.17, 15) is 18.0 Å². The molecule has 4 rings (SSSR count).